The van der Waals surface area contributed by atoms with Crippen molar-refractivity contribution >= 4 is 68.0 Å². The van der Waals surface area contributed by atoms with Crippen LogP contribution in [0.2, 0.25) is 10.0 Å². The number of hydrogen-bond donors (Lipinski definition) is 4. The first-order valence-electron chi connectivity index (χ1n) is 8.53. The van der Waals surface area contributed by atoms with E-state index in [0.717, 1.165) is 22.3 Å². The van der Waals surface area contributed by atoms with Gasteiger partial charge < -0.3 is 15.3 Å². The van der Waals surface area contributed by atoms with E-state index in [-0.39, 0.29) is 5.17 Å². The molecule has 3 aromatic heterocycles. The number of rotatable bonds is 6. The Labute approximate surface area is 185 Å². The van der Waals surface area contributed by atoms with E-state index in [9.17, 15) is 0 Å². The second-order valence-electron chi connectivity index (χ2n) is 6.32. The number of aromatic amines is 2. The Morgan fingerprint density at radius 3 is 2.76 bits per heavy atom. The van der Waals surface area contributed by atoms with Gasteiger partial charge in [-0.1, -0.05) is 34.8 Å². The number of aryl methyl sites for hydroxylation is 1. The van der Waals surface area contributed by atoms with Gasteiger partial charge in [-0.25, -0.2) is 9.97 Å². The molecular weight excluding hydrogens is 451 g/mol. The Morgan fingerprint density at radius 2 is 2.03 bits per heavy atom. The summed E-state index contributed by atoms with van der Waals surface area (Å²) in [7, 11) is 0. The highest BCUT2D eigenvalue weighted by Crippen LogP contribution is 2.27. The van der Waals surface area contributed by atoms with E-state index in [1.54, 1.807) is 29.7 Å². The summed E-state index contributed by atoms with van der Waals surface area (Å²) in [6.07, 6.45) is 3.26. The van der Waals surface area contributed by atoms with E-state index < -0.39 is 0 Å². The van der Waals surface area contributed by atoms with Crippen molar-refractivity contribution in [2.45, 2.75) is 13.5 Å². The molecule has 0 spiro atoms. The minimum absolute atomic E-state index is 0.111. The lowest BCUT2D eigenvalue weighted by molar-refractivity contribution is 0.825. The molecule has 0 atom stereocenters. The molecule has 29 heavy (non-hydrogen) atoms. The number of H-pyrrole nitrogens is 2. The van der Waals surface area contributed by atoms with Crippen molar-refractivity contribution in [2.75, 3.05) is 0 Å². The van der Waals surface area contributed by atoms with Crippen LogP contribution in [0.3, 0.4) is 0 Å². The van der Waals surface area contributed by atoms with Crippen LogP contribution in [0.25, 0.3) is 28.0 Å². The third kappa shape index (κ3) is 4.48. The normalized spacial score (nSPS) is 11.9. The van der Waals surface area contributed by atoms with Crippen molar-refractivity contribution in [2.24, 2.45) is 0 Å². The fourth-order valence-electron chi connectivity index (χ4n) is 2.84. The highest BCUT2D eigenvalue weighted by Gasteiger charge is 2.12. The Bertz CT molecular complexity index is 1200. The second-order valence-corrected chi connectivity index (χ2v) is 8.65. The first-order valence-corrected chi connectivity index (χ1v) is 10.5. The van der Waals surface area contributed by atoms with Gasteiger partial charge in [0.05, 0.1) is 45.2 Å². The van der Waals surface area contributed by atoms with Crippen molar-refractivity contribution < 1.29 is 0 Å². The van der Waals surface area contributed by atoms with E-state index >= 15 is 0 Å². The molecule has 0 saturated heterocycles. The Hall–Kier alpha value is -2.32. The van der Waals surface area contributed by atoms with Gasteiger partial charge in [-0.2, -0.15) is 0 Å². The van der Waals surface area contributed by atoms with Crippen LogP contribution in [-0.4, -0.2) is 25.1 Å². The van der Waals surface area contributed by atoms with Crippen molar-refractivity contribution in [1.29, 1.82) is 5.41 Å². The number of thiophene rings is 1. The number of nitrogens with one attached hydrogen (secondary N) is 4. The van der Waals surface area contributed by atoms with Gasteiger partial charge in [0.15, 0.2) is 5.82 Å². The van der Waals surface area contributed by atoms with Gasteiger partial charge >= 0.3 is 0 Å². The van der Waals surface area contributed by atoms with Crippen LogP contribution >= 0.6 is 46.1 Å². The molecule has 0 radical (unpaired) electrons. The molecule has 0 bridgehead atoms. The van der Waals surface area contributed by atoms with Crippen LogP contribution in [0.1, 0.15) is 16.5 Å². The van der Waals surface area contributed by atoms with E-state index in [1.807, 2.05) is 0 Å². The predicted octanol–water partition coefficient (Wildman–Crippen LogP) is 5.98. The van der Waals surface area contributed by atoms with Crippen LogP contribution in [0, 0.1) is 12.3 Å². The maximum atomic E-state index is 7.62. The average molecular weight is 466 g/mol. The minimum atomic E-state index is -0.111. The third-order valence-electron chi connectivity index (χ3n) is 4.16. The molecule has 4 rings (SSSR count). The van der Waals surface area contributed by atoms with Crippen LogP contribution in [-0.2, 0) is 6.54 Å². The van der Waals surface area contributed by atoms with Gasteiger partial charge in [0.2, 0.25) is 0 Å². The van der Waals surface area contributed by atoms with E-state index in [2.05, 4.69) is 43.6 Å². The minimum Gasteiger partial charge on any atom is -0.375 e. The topological polar surface area (TPSA) is 93.2 Å². The SMILES string of the molecule is Cc1cc(-c2cnc(/C(=C\C(=N)Cl)NCc3nc4cc(Cl)c(Cl)cc4[nH]3)[nH]2)cs1. The largest absolute Gasteiger partial charge is 0.375 e. The molecule has 0 saturated carbocycles. The van der Waals surface area contributed by atoms with Gasteiger partial charge in [-0.3, -0.25) is 5.41 Å². The van der Waals surface area contributed by atoms with Gasteiger partial charge in [0.1, 0.15) is 11.0 Å². The first-order chi connectivity index (χ1) is 13.9. The zero-order valence-corrected chi connectivity index (χ0v) is 18.2. The quantitative estimate of drug-likeness (QED) is 0.264. The van der Waals surface area contributed by atoms with Crippen LogP contribution in [0.4, 0.5) is 0 Å². The lowest BCUT2D eigenvalue weighted by Crippen LogP contribution is -2.14. The summed E-state index contributed by atoms with van der Waals surface area (Å²) in [6, 6.07) is 5.54. The summed E-state index contributed by atoms with van der Waals surface area (Å²) < 4.78 is 0. The number of fused-ring (bicyclic) bond motifs is 1. The molecule has 6 nitrogen and oxygen atoms in total. The van der Waals surface area contributed by atoms with Crippen molar-refractivity contribution in [3.05, 3.63) is 62.4 Å². The van der Waals surface area contributed by atoms with E-state index in [1.165, 1.54) is 11.0 Å². The van der Waals surface area contributed by atoms with Gasteiger partial charge in [-0.05, 0) is 25.1 Å². The summed E-state index contributed by atoms with van der Waals surface area (Å²) >= 11 is 19.6. The number of allylic oxidation sites excluding steroid dienone is 1. The van der Waals surface area contributed by atoms with Crippen molar-refractivity contribution in [1.82, 2.24) is 25.3 Å². The average Bonchev–Trinajstić information content (AvgIpc) is 3.38. The fourth-order valence-corrected chi connectivity index (χ4v) is 3.97. The molecule has 0 fully saturated rings. The van der Waals surface area contributed by atoms with Gasteiger partial charge in [0.25, 0.3) is 0 Å². The molecule has 0 aliphatic carbocycles. The number of nitrogens with zero attached hydrogens (tertiary/aromatic N) is 2. The molecule has 148 valence electrons. The first kappa shape index (κ1) is 20.0. The maximum absolute atomic E-state index is 7.62. The molecule has 10 heteroatoms. The standard InChI is InChI=1S/C19H15Cl3N6S/c1-9-2-10(8-29-9)16-6-25-19(28-16)15(5-17(22)23)24-7-18-26-13-3-11(20)12(21)4-14(13)27-18/h2-6,8,23-24H,7H2,1H3,(H,25,28)(H,26,27)/b15-5+,23-17?. The lowest BCUT2D eigenvalue weighted by Gasteiger charge is -2.07. The van der Waals surface area contributed by atoms with E-state index in [0.29, 0.717) is 33.9 Å². The van der Waals surface area contributed by atoms with Gasteiger partial charge in [0, 0.05) is 21.9 Å². The molecule has 4 N–H and O–H groups in total. The number of benzene rings is 1. The lowest BCUT2D eigenvalue weighted by atomic mass is 10.2. The Morgan fingerprint density at radius 1 is 1.24 bits per heavy atom. The highest BCUT2D eigenvalue weighted by atomic mass is 35.5. The fraction of sp³-hybridized carbons (Fsp3) is 0.105. The van der Waals surface area contributed by atoms with Crippen LogP contribution in [0.15, 0.2) is 35.9 Å². The smallest absolute Gasteiger partial charge is 0.154 e. The zero-order chi connectivity index (χ0) is 20.5. The Balaban J connectivity index is 1.57. The molecule has 0 aliphatic rings. The number of imidazole rings is 2. The molecule has 0 amide bonds. The van der Waals surface area contributed by atoms with Crippen molar-refractivity contribution in [3.8, 4) is 11.3 Å². The molecule has 3 heterocycles. The Kier molecular flexibility index (Phi) is 5.65. The molecule has 4 aromatic rings. The maximum Gasteiger partial charge on any atom is 0.154 e. The highest BCUT2D eigenvalue weighted by molar-refractivity contribution is 7.10. The molecular formula is C19H15Cl3N6S. The summed E-state index contributed by atoms with van der Waals surface area (Å²) in [5, 5.41) is 13.7. The summed E-state index contributed by atoms with van der Waals surface area (Å²) in [5.41, 5.74) is 4.06. The van der Waals surface area contributed by atoms with Crippen LogP contribution < -0.4 is 5.32 Å². The second kappa shape index (κ2) is 8.20. The summed E-state index contributed by atoms with van der Waals surface area (Å²) in [4.78, 5) is 16.6. The van der Waals surface area contributed by atoms with Gasteiger partial charge in [-0.15, -0.1) is 11.3 Å². The molecule has 0 unspecified atom stereocenters. The predicted molar refractivity (Wildman–Crippen MR) is 121 cm³/mol. The number of hydrogen-bond acceptors (Lipinski definition) is 5. The number of halogens is 3. The zero-order valence-electron chi connectivity index (χ0n) is 15.1. The van der Waals surface area contributed by atoms with E-state index in [4.69, 9.17) is 40.2 Å². The summed E-state index contributed by atoms with van der Waals surface area (Å²) in [6.45, 7) is 2.42. The van der Waals surface area contributed by atoms with Crippen LogP contribution in [0.5, 0.6) is 0 Å². The molecule has 1 aromatic carbocycles. The molecule has 0 aliphatic heterocycles. The third-order valence-corrected chi connectivity index (χ3v) is 5.86. The summed E-state index contributed by atoms with van der Waals surface area (Å²) in [5.74, 6) is 1.27. The monoisotopic (exact) mass is 464 g/mol. The van der Waals surface area contributed by atoms with Crippen molar-refractivity contribution in [3.63, 3.8) is 0 Å². The number of aromatic nitrogens is 4.